The fourth-order valence-corrected chi connectivity index (χ4v) is 5.08. The summed E-state index contributed by atoms with van der Waals surface area (Å²) in [5.41, 5.74) is 1.03. The largest absolute Gasteiger partial charge is 0.456 e. The van der Waals surface area contributed by atoms with Gasteiger partial charge < -0.3 is 14.5 Å². The zero-order chi connectivity index (χ0) is 22.6. The van der Waals surface area contributed by atoms with Gasteiger partial charge >= 0.3 is 5.91 Å². The Bertz CT molecular complexity index is 1170. The molecule has 0 spiro atoms. The van der Waals surface area contributed by atoms with Crippen LogP contribution < -0.4 is 4.74 Å². The van der Waals surface area contributed by atoms with E-state index in [0.717, 1.165) is 5.56 Å². The van der Waals surface area contributed by atoms with Crippen molar-refractivity contribution < 1.29 is 17.9 Å². The average Bonchev–Trinajstić information content (AvgIpc) is 2.73. The lowest BCUT2D eigenvalue weighted by molar-refractivity contribution is -0.130. The van der Waals surface area contributed by atoms with Gasteiger partial charge in [0.1, 0.15) is 16.4 Å². The number of hydrogen-bond acceptors (Lipinski definition) is 5. The molecule has 1 amide bonds. The Hall–Kier alpha value is -3.11. The SMILES string of the molecule is [C-]#[N+]CC(=O)N1CCN(S(=O)(=O)c2cc(C#N)ccc2Oc2cc(C)cc(Cl)c2)CC1. The number of sulfonamides is 1. The van der Waals surface area contributed by atoms with E-state index in [4.69, 9.17) is 22.9 Å². The van der Waals surface area contributed by atoms with Crippen molar-refractivity contribution in [1.82, 2.24) is 9.21 Å². The number of amides is 1. The van der Waals surface area contributed by atoms with Crippen molar-refractivity contribution in [2.45, 2.75) is 11.8 Å². The van der Waals surface area contributed by atoms with Crippen LogP contribution in [0.3, 0.4) is 0 Å². The zero-order valence-electron chi connectivity index (χ0n) is 16.7. The first-order valence-corrected chi connectivity index (χ1v) is 11.2. The van der Waals surface area contributed by atoms with Crippen molar-refractivity contribution in [3.05, 3.63) is 64.0 Å². The number of benzene rings is 2. The summed E-state index contributed by atoms with van der Waals surface area (Å²) < 4.78 is 33.8. The highest BCUT2D eigenvalue weighted by Gasteiger charge is 2.33. The minimum atomic E-state index is -4.00. The second-order valence-corrected chi connectivity index (χ2v) is 9.28. The molecule has 2 aromatic carbocycles. The molecule has 0 bridgehead atoms. The normalized spacial score (nSPS) is 14.5. The minimum absolute atomic E-state index is 0.0761. The summed E-state index contributed by atoms with van der Waals surface area (Å²) in [7, 11) is -4.00. The van der Waals surface area contributed by atoms with Crippen LogP contribution in [0.4, 0.5) is 0 Å². The number of rotatable bonds is 5. The zero-order valence-corrected chi connectivity index (χ0v) is 18.3. The van der Waals surface area contributed by atoms with Gasteiger partial charge in [0.25, 0.3) is 6.54 Å². The standard InChI is InChI=1S/C21H19ClN4O4S/c1-15-9-17(22)12-18(10-15)30-19-4-3-16(13-23)11-20(19)31(28,29)26-7-5-25(6-8-26)21(27)14-24-2/h3-4,9-12H,5-8,14H2,1H3. The molecule has 1 aliphatic rings. The Morgan fingerprint density at radius 1 is 1.23 bits per heavy atom. The minimum Gasteiger partial charge on any atom is -0.456 e. The first-order chi connectivity index (χ1) is 14.7. The molecule has 1 saturated heterocycles. The third kappa shape index (κ3) is 5.15. The summed E-state index contributed by atoms with van der Waals surface area (Å²) >= 11 is 6.08. The highest BCUT2D eigenvalue weighted by atomic mass is 35.5. The molecular weight excluding hydrogens is 440 g/mol. The van der Waals surface area contributed by atoms with Gasteiger partial charge in [0.05, 0.1) is 11.6 Å². The molecule has 1 fully saturated rings. The number of halogens is 1. The lowest BCUT2D eigenvalue weighted by Crippen LogP contribution is -2.51. The molecule has 3 rings (SSSR count). The van der Waals surface area contributed by atoms with E-state index in [1.54, 1.807) is 18.2 Å². The van der Waals surface area contributed by atoms with Crippen LogP contribution >= 0.6 is 11.6 Å². The van der Waals surface area contributed by atoms with E-state index in [9.17, 15) is 18.5 Å². The number of ether oxygens (including phenoxy) is 1. The van der Waals surface area contributed by atoms with Gasteiger partial charge in [0.2, 0.25) is 10.0 Å². The van der Waals surface area contributed by atoms with Crippen LogP contribution in [0.1, 0.15) is 11.1 Å². The number of aryl methyl sites for hydroxylation is 1. The van der Waals surface area contributed by atoms with Crippen LogP contribution in [-0.4, -0.2) is 56.3 Å². The summed E-state index contributed by atoms with van der Waals surface area (Å²) in [4.78, 5) is 16.3. The second-order valence-electron chi connectivity index (χ2n) is 6.94. The van der Waals surface area contributed by atoms with Gasteiger partial charge in [-0.05, 0) is 48.9 Å². The molecule has 0 radical (unpaired) electrons. The predicted molar refractivity (Wildman–Crippen MR) is 114 cm³/mol. The van der Waals surface area contributed by atoms with Crippen molar-refractivity contribution in [1.29, 1.82) is 5.26 Å². The number of carbonyl (C=O) groups is 1. The fraction of sp³-hybridized carbons (Fsp3) is 0.286. The lowest BCUT2D eigenvalue weighted by atomic mass is 10.2. The molecule has 0 unspecified atom stereocenters. The molecule has 0 aliphatic carbocycles. The van der Waals surface area contributed by atoms with Crippen LogP contribution in [0.15, 0.2) is 41.3 Å². The van der Waals surface area contributed by atoms with Gasteiger partial charge in [-0.1, -0.05) is 11.6 Å². The van der Waals surface area contributed by atoms with Gasteiger partial charge in [-0.25, -0.2) is 15.0 Å². The summed E-state index contributed by atoms with van der Waals surface area (Å²) in [6, 6.07) is 11.2. The van der Waals surface area contributed by atoms with E-state index in [1.807, 2.05) is 13.0 Å². The van der Waals surface area contributed by atoms with Crippen molar-refractivity contribution in [2.24, 2.45) is 0 Å². The smallest absolute Gasteiger partial charge is 0.302 e. The third-order valence-electron chi connectivity index (χ3n) is 4.74. The van der Waals surface area contributed by atoms with E-state index < -0.39 is 10.0 Å². The van der Waals surface area contributed by atoms with Crippen LogP contribution in [0, 0.1) is 24.8 Å². The van der Waals surface area contributed by atoms with Crippen molar-refractivity contribution in [2.75, 3.05) is 32.7 Å². The van der Waals surface area contributed by atoms with E-state index in [1.165, 1.54) is 27.4 Å². The highest BCUT2D eigenvalue weighted by Crippen LogP contribution is 2.33. The molecule has 1 aliphatic heterocycles. The van der Waals surface area contributed by atoms with Gasteiger partial charge in [-0.3, -0.25) is 4.79 Å². The molecule has 0 N–H and O–H groups in total. The predicted octanol–water partition coefficient (Wildman–Crippen LogP) is 3.06. The fourth-order valence-electron chi connectivity index (χ4n) is 3.24. The number of carbonyl (C=O) groups excluding carboxylic acids is 1. The quantitative estimate of drug-likeness (QED) is 0.642. The second kappa shape index (κ2) is 9.36. The molecule has 0 atom stereocenters. The Morgan fingerprint density at radius 2 is 1.94 bits per heavy atom. The number of nitriles is 1. The van der Waals surface area contributed by atoms with E-state index in [2.05, 4.69) is 4.85 Å². The Balaban J connectivity index is 1.91. The van der Waals surface area contributed by atoms with E-state index >= 15 is 0 Å². The van der Waals surface area contributed by atoms with Gasteiger partial charge in [0.15, 0.2) is 0 Å². The lowest BCUT2D eigenvalue weighted by Gasteiger charge is -2.33. The number of hydrogen-bond donors (Lipinski definition) is 0. The monoisotopic (exact) mass is 458 g/mol. The van der Waals surface area contributed by atoms with Crippen LogP contribution in [0.5, 0.6) is 11.5 Å². The van der Waals surface area contributed by atoms with Crippen LogP contribution in [0.25, 0.3) is 4.85 Å². The molecule has 0 saturated carbocycles. The van der Waals surface area contributed by atoms with Gasteiger partial charge in [-0.15, -0.1) is 0 Å². The molecule has 8 nitrogen and oxygen atoms in total. The summed E-state index contributed by atoms with van der Waals surface area (Å²) in [6.07, 6.45) is 0. The van der Waals surface area contributed by atoms with Crippen LogP contribution in [0.2, 0.25) is 5.02 Å². The summed E-state index contributed by atoms with van der Waals surface area (Å²) in [6.45, 7) is 8.93. The van der Waals surface area contributed by atoms with Crippen molar-refractivity contribution in [3.8, 4) is 17.6 Å². The molecule has 0 aromatic heterocycles. The topological polar surface area (TPSA) is 95.1 Å². The van der Waals surface area contributed by atoms with Gasteiger partial charge in [0, 0.05) is 31.2 Å². The molecule has 1 heterocycles. The first-order valence-electron chi connectivity index (χ1n) is 9.35. The maximum Gasteiger partial charge on any atom is 0.302 e. The molecule has 10 heteroatoms. The van der Waals surface area contributed by atoms with Crippen molar-refractivity contribution in [3.63, 3.8) is 0 Å². The maximum absolute atomic E-state index is 13.4. The number of piperazine rings is 1. The summed E-state index contributed by atoms with van der Waals surface area (Å²) in [5, 5.41) is 9.70. The molecule has 2 aromatic rings. The Labute approximate surface area is 186 Å². The first kappa shape index (κ1) is 22.6. The van der Waals surface area contributed by atoms with Crippen LogP contribution in [-0.2, 0) is 14.8 Å². The molecular formula is C21H19ClN4O4S. The van der Waals surface area contributed by atoms with Gasteiger partial charge in [-0.2, -0.15) is 9.57 Å². The summed E-state index contributed by atoms with van der Waals surface area (Å²) in [5.74, 6) is 0.131. The number of nitrogens with zero attached hydrogens (tertiary/aromatic N) is 4. The Kier molecular flexibility index (Phi) is 6.81. The Morgan fingerprint density at radius 3 is 2.55 bits per heavy atom. The average molecular weight is 459 g/mol. The van der Waals surface area contributed by atoms with E-state index in [-0.39, 0.29) is 54.8 Å². The molecule has 160 valence electrons. The maximum atomic E-state index is 13.4. The molecule has 31 heavy (non-hydrogen) atoms. The third-order valence-corrected chi connectivity index (χ3v) is 6.88. The highest BCUT2D eigenvalue weighted by molar-refractivity contribution is 7.89. The van der Waals surface area contributed by atoms with Crippen molar-refractivity contribution >= 4 is 27.5 Å². The van der Waals surface area contributed by atoms with E-state index in [0.29, 0.717) is 10.8 Å².